The molecule has 0 aromatic heterocycles. The van der Waals surface area contributed by atoms with Crippen molar-refractivity contribution >= 4 is 21.7 Å². The first-order chi connectivity index (χ1) is 14.3. The van der Waals surface area contributed by atoms with E-state index in [1.807, 2.05) is 31.2 Å². The van der Waals surface area contributed by atoms with Gasteiger partial charge in [0.1, 0.15) is 11.5 Å². The van der Waals surface area contributed by atoms with Crippen LogP contribution in [0.4, 0.5) is 0 Å². The number of rotatable bonds is 5. The second-order valence-corrected chi connectivity index (χ2v) is 9.19. The summed E-state index contributed by atoms with van der Waals surface area (Å²) in [7, 11) is -2.39. The van der Waals surface area contributed by atoms with Crippen LogP contribution in [0, 0.1) is 13.8 Å². The molecule has 7 heteroatoms. The maximum atomic E-state index is 12.8. The highest BCUT2D eigenvalue weighted by molar-refractivity contribution is 7.86. The van der Waals surface area contributed by atoms with E-state index in [0.29, 0.717) is 28.5 Å². The fourth-order valence-electron chi connectivity index (χ4n) is 3.67. The molecular formula is C23H21ClO5S. The zero-order chi connectivity index (χ0) is 21.5. The molecule has 1 unspecified atom stereocenters. The van der Waals surface area contributed by atoms with Gasteiger partial charge in [0.2, 0.25) is 6.29 Å². The normalized spacial score (nSPS) is 15.5. The Morgan fingerprint density at radius 1 is 1.03 bits per heavy atom. The van der Waals surface area contributed by atoms with Gasteiger partial charge in [-0.1, -0.05) is 47.5 Å². The van der Waals surface area contributed by atoms with Gasteiger partial charge in [-0.15, -0.1) is 0 Å². The number of ether oxygens (including phenoxy) is 2. The predicted molar refractivity (Wildman–Crippen MR) is 116 cm³/mol. The Bertz CT molecular complexity index is 1220. The molecule has 5 nitrogen and oxygen atoms in total. The van der Waals surface area contributed by atoms with Gasteiger partial charge >= 0.3 is 10.1 Å². The number of hydrogen-bond acceptors (Lipinski definition) is 5. The molecule has 0 saturated heterocycles. The highest BCUT2D eigenvalue weighted by atomic mass is 35.5. The zero-order valence-electron chi connectivity index (χ0n) is 16.8. The van der Waals surface area contributed by atoms with Crippen LogP contribution in [0.1, 0.15) is 16.7 Å². The predicted octanol–water partition coefficient (Wildman–Crippen LogP) is 5.30. The van der Waals surface area contributed by atoms with Crippen molar-refractivity contribution in [2.45, 2.75) is 31.5 Å². The topological polar surface area (TPSA) is 61.8 Å². The van der Waals surface area contributed by atoms with E-state index < -0.39 is 16.4 Å². The maximum Gasteiger partial charge on any atom is 0.300 e. The van der Waals surface area contributed by atoms with Crippen LogP contribution in [-0.4, -0.2) is 21.8 Å². The Balaban J connectivity index is 1.65. The molecule has 0 amide bonds. The summed E-state index contributed by atoms with van der Waals surface area (Å²) in [4.78, 5) is 0.143. The van der Waals surface area contributed by atoms with Crippen molar-refractivity contribution in [2.24, 2.45) is 0 Å². The molecule has 30 heavy (non-hydrogen) atoms. The lowest BCUT2D eigenvalue weighted by atomic mass is 10.0. The third-order valence-corrected chi connectivity index (χ3v) is 6.72. The Morgan fingerprint density at radius 3 is 2.57 bits per heavy atom. The van der Waals surface area contributed by atoms with Crippen molar-refractivity contribution in [3.05, 3.63) is 76.3 Å². The van der Waals surface area contributed by atoms with Crippen LogP contribution < -0.4 is 9.47 Å². The fourth-order valence-corrected chi connectivity index (χ4v) is 5.02. The van der Waals surface area contributed by atoms with Gasteiger partial charge in [-0.2, -0.15) is 8.42 Å². The van der Waals surface area contributed by atoms with E-state index >= 15 is 0 Å². The van der Waals surface area contributed by atoms with Crippen LogP contribution in [0.3, 0.4) is 0 Å². The number of para-hydroxylation sites is 1. The molecule has 1 atom stereocenters. The number of hydrogen-bond donors (Lipinski definition) is 0. The Labute approximate surface area is 181 Å². The van der Waals surface area contributed by atoms with Crippen LogP contribution in [0.15, 0.2) is 59.5 Å². The third-order valence-electron chi connectivity index (χ3n) is 5.02. The summed E-state index contributed by atoms with van der Waals surface area (Å²) in [6.45, 7) is 3.66. The monoisotopic (exact) mass is 444 g/mol. The van der Waals surface area contributed by atoms with Crippen molar-refractivity contribution in [3.63, 3.8) is 0 Å². The minimum Gasteiger partial charge on any atom is -0.496 e. The van der Waals surface area contributed by atoms with Gasteiger partial charge < -0.3 is 9.47 Å². The summed E-state index contributed by atoms with van der Waals surface area (Å²) in [5.74, 6) is 1.21. The van der Waals surface area contributed by atoms with Crippen molar-refractivity contribution < 1.29 is 22.1 Å². The Hall–Kier alpha value is -2.54. The number of methoxy groups -OCH3 is 1. The molecule has 156 valence electrons. The minimum atomic E-state index is -3.98. The van der Waals surface area contributed by atoms with Gasteiger partial charge in [0.25, 0.3) is 0 Å². The van der Waals surface area contributed by atoms with Gasteiger partial charge in [0.15, 0.2) is 0 Å². The lowest BCUT2D eigenvalue weighted by Crippen LogP contribution is -2.23. The van der Waals surface area contributed by atoms with Crippen LogP contribution >= 0.6 is 11.6 Å². The summed E-state index contributed by atoms with van der Waals surface area (Å²) in [5, 5.41) is 0.562. The van der Waals surface area contributed by atoms with Crippen LogP contribution in [0.5, 0.6) is 11.5 Å². The SMILES string of the molecule is COc1ccc(Cl)cc1-c1cccc2c1OC(OS(=O)(=O)c1ccc(C)cc1C)C2. The molecule has 1 aliphatic rings. The van der Waals surface area contributed by atoms with E-state index in [0.717, 1.165) is 22.3 Å². The van der Waals surface area contributed by atoms with Gasteiger partial charge in [0, 0.05) is 28.1 Å². The Morgan fingerprint density at radius 2 is 1.83 bits per heavy atom. The average molecular weight is 445 g/mol. The van der Waals surface area contributed by atoms with E-state index in [1.54, 1.807) is 44.4 Å². The average Bonchev–Trinajstić information content (AvgIpc) is 3.09. The molecule has 0 fully saturated rings. The molecule has 1 aliphatic heterocycles. The molecule has 3 aromatic carbocycles. The van der Waals surface area contributed by atoms with E-state index in [9.17, 15) is 8.42 Å². The van der Waals surface area contributed by atoms with Gasteiger partial charge in [-0.3, -0.25) is 0 Å². The summed E-state index contributed by atoms with van der Waals surface area (Å²) in [6, 6.07) is 16.1. The quantitative estimate of drug-likeness (QED) is 0.500. The van der Waals surface area contributed by atoms with E-state index in [2.05, 4.69) is 0 Å². The van der Waals surface area contributed by atoms with Crippen molar-refractivity contribution in [3.8, 4) is 22.6 Å². The fraction of sp³-hybridized carbons (Fsp3) is 0.217. The van der Waals surface area contributed by atoms with Crippen molar-refractivity contribution in [1.29, 1.82) is 0 Å². The molecule has 0 aliphatic carbocycles. The molecule has 0 radical (unpaired) electrons. The molecule has 0 bridgehead atoms. The molecule has 1 heterocycles. The Kier molecular flexibility index (Phi) is 5.49. The zero-order valence-corrected chi connectivity index (χ0v) is 18.4. The largest absolute Gasteiger partial charge is 0.496 e. The first kappa shape index (κ1) is 20.7. The van der Waals surface area contributed by atoms with Gasteiger partial charge in [-0.25, -0.2) is 4.18 Å². The summed E-state index contributed by atoms with van der Waals surface area (Å²) >= 11 is 6.18. The smallest absolute Gasteiger partial charge is 0.300 e. The number of benzene rings is 3. The van der Waals surface area contributed by atoms with Crippen LogP contribution in [0.2, 0.25) is 5.02 Å². The molecular weight excluding hydrogens is 424 g/mol. The highest BCUT2D eigenvalue weighted by Crippen LogP contribution is 2.43. The second kappa shape index (κ2) is 7.95. The van der Waals surface area contributed by atoms with E-state index in [4.69, 9.17) is 25.3 Å². The third kappa shape index (κ3) is 3.90. The summed E-state index contributed by atoms with van der Waals surface area (Å²) in [6.07, 6.45) is -0.632. The number of fused-ring (bicyclic) bond motifs is 1. The van der Waals surface area contributed by atoms with Crippen LogP contribution in [-0.2, 0) is 20.7 Å². The lowest BCUT2D eigenvalue weighted by Gasteiger charge is -2.15. The second-order valence-electron chi connectivity index (χ2n) is 7.21. The first-order valence-electron chi connectivity index (χ1n) is 9.41. The summed E-state index contributed by atoms with van der Waals surface area (Å²) in [5.41, 5.74) is 4.00. The van der Waals surface area contributed by atoms with E-state index in [-0.39, 0.29) is 4.90 Å². The molecule has 0 N–H and O–H groups in total. The first-order valence-corrected chi connectivity index (χ1v) is 11.2. The van der Waals surface area contributed by atoms with Gasteiger partial charge in [-0.05, 0) is 43.7 Å². The molecule has 3 aromatic rings. The highest BCUT2D eigenvalue weighted by Gasteiger charge is 2.32. The summed E-state index contributed by atoms with van der Waals surface area (Å²) < 4.78 is 42.5. The van der Waals surface area contributed by atoms with E-state index in [1.165, 1.54) is 0 Å². The number of aryl methyl sites for hydroxylation is 2. The van der Waals surface area contributed by atoms with Crippen LogP contribution in [0.25, 0.3) is 11.1 Å². The number of halogens is 1. The standard InChI is InChI=1S/C23H21ClO5S/c1-14-7-10-21(15(2)11-14)30(25,26)29-22-12-16-5-4-6-18(23(16)28-22)19-13-17(24)8-9-20(19)27-3/h4-11,13,22H,12H2,1-3H3. The van der Waals surface area contributed by atoms with Crippen molar-refractivity contribution in [2.75, 3.05) is 7.11 Å². The van der Waals surface area contributed by atoms with Crippen molar-refractivity contribution in [1.82, 2.24) is 0 Å². The maximum absolute atomic E-state index is 12.8. The molecule has 4 rings (SSSR count). The molecule has 0 saturated carbocycles. The van der Waals surface area contributed by atoms with Gasteiger partial charge in [0.05, 0.1) is 12.0 Å². The minimum absolute atomic E-state index is 0.143. The lowest BCUT2D eigenvalue weighted by molar-refractivity contribution is 0.0316. The molecule has 0 spiro atoms.